The molecule has 114 valence electrons. The van der Waals surface area contributed by atoms with Crippen molar-refractivity contribution in [2.45, 2.75) is 13.2 Å². The third-order valence-electron chi connectivity index (χ3n) is 3.89. The average Bonchev–Trinajstić information content (AvgIpc) is 3.05. The van der Waals surface area contributed by atoms with Gasteiger partial charge in [0, 0.05) is 17.4 Å². The SMILES string of the molecule is C1=NCc2ccn(-c3ccc(OCc4ccccc4)cc3)c2N1. The predicted octanol–water partition coefficient (Wildman–Crippen LogP) is 4.01. The third kappa shape index (κ3) is 2.83. The van der Waals surface area contributed by atoms with Crippen molar-refractivity contribution in [3.8, 4) is 11.4 Å². The molecule has 4 nitrogen and oxygen atoms in total. The zero-order chi connectivity index (χ0) is 15.5. The number of nitrogens with one attached hydrogen (secondary N) is 1. The van der Waals surface area contributed by atoms with E-state index in [1.54, 1.807) is 6.34 Å². The molecule has 1 aliphatic rings. The first kappa shape index (κ1) is 13.6. The van der Waals surface area contributed by atoms with Gasteiger partial charge in [0.2, 0.25) is 0 Å². The number of nitrogens with zero attached hydrogens (tertiary/aromatic N) is 2. The Bertz CT molecular complexity index is 820. The van der Waals surface area contributed by atoms with Crippen molar-refractivity contribution in [1.29, 1.82) is 0 Å². The molecule has 0 amide bonds. The van der Waals surface area contributed by atoms with E-state index in [2.05, 4.69) is 51.4 Å². The summed E-state index contributed by atoms with van der Waals surface area (Å²) in [7, 11) is 0. The smallest absolute Gasteiger partial charge is 0.120 e. The zero-order valence-corrected chi connectivity index (χ0v) is 12.6. The molecule has 4 heteroatoms. The minimum atomic E-state index is 0.580. The summed E-state index contributed by atoms with van der Waals surface area (Å²) in [4.78, 5) is 4.22. The average molecular weight is 303 g/mol. The molecule has 0 radical (unpaired) electrons. The Kier molecular flexibility index (Phi) is 3.56. The molecule has 1 N–H and O–H groups in total. The molecule has 4 rings (SSSR count). The maximum absolute atomic E-state index is 5.83. The molecule has 0 aliphatic carbocycles. The molecule has 3 aromatic rings. The van der Waals surface area contributed by atoms with E-state index in [1.807, 2.05) is 30.3 Å². The van der Waals surface area contributed by atoms with Gasteiger partial charge in [-0.25, -0.2) is 0 Å². The third-order valence-corrected chi connectivity index (χ3v) is 3.89. The van der Waals surface area contributed by atoms with E-state index in [-0.39, 0.29) is 0 Å². The first-order chi connectivity index (χ1) is 11.4. The van der Waals surface area contributed by atoms with Crippen molar-refractivity contribution < 1.29 is 4.74 Å². The van der Waals surface area contributed by atoms with Gasteiger partial charge in [-0.1, -0.05) is 30.3 Å². The van der Waals surface area contributed by atoms with Crippen molar-refractivity contribution in [3.05, 3.63) is 78.0 Å². The minimum absolute atomic E-state index is 0.580. The number of hydrogen-bond donors (Lipinski definition) is 1. The van der Waals surface area contributed by atoms with E-state index in [4.69, 9.17) is 4.74 Å². The maximum Gasteiger partial charge on any atom is 0.120 e. The molecule has 0 fully saturated rings. The second kappa shape index (κ2) is 6.01. The largest absolute Gasteiger partial charge is 0.489 e. The van der Waals surface area contributed by atoms with E-state index >= 15 is 0 Å². The Morgan fingerprint density at radius 3 is 2.65 bits per heavy atom. The number of anilines is 1. The first-order valence-corrected chi connectivity index (χ1v) is 7.62. The molecule has 1 aliphatic heterocycles. The fourth-order valence-corrected chi connectivity index (χ4v) is 2.67. The molecule has 0 saturated heterocycles. The second-order valence-corrected chi connectivity index (χ2v) is 5.44. The van der Waals surface area contributed by atoms with E-state index < -0.39 is 0 Å². The standard InChI is InChI=1S/C19H17N3O/c1-2-4-15(5-3-1)13-23-18-8-6-17(7-9-18)22-11-10-16-12-20-14-21-19(16)22/h1-11,14H,12-13H2,(H,20,21). The highest BCUT2D eigenvalue weighted by atomic mass is 16.5. The molecule has 23 heavy (non-hydrogen) atoms. The van der Waals surface area contributed by atoms with Gasteiger partial charge in [0.1, 0.15) is 18.2 Å². The molecule has 0 saturated carbocycles. The van der Waals surface area contributed by atoms with Crippen LogP contribution >= 0.6 is 0 Å². The lowest BCUT2D eigenvalue weighted by Crippen LogP contribution is -2.08. The van der Waals surface area contributed by atoms with Gasteiger partial charge in [-0.2, -0.15) is 0 Å². The van der Waals surface area contributed by atoms with Crippen molar-refractivity contribution in [2.75, 3.05) is 5.32 Å². The topological polar surface area (TPSA) is 38.5 Å². The number of aliphatic imine (C=N–C) groups is 1. The lowest BCUT2D eigenvalue weighted by molar-refractivity contribution is 0.306. The lowest BCUT2D eigenvalue weighted by Gasteiger charge is -2.14. The Morgan fingerprint density at radius 1 is 1.00 bits per heavy atom. The highest BCUT2D eigenvalue weighted by molar-refractivity contribution is 5.79. The highest BCUT2D eigenvalue weighted by Crippen LogP contribution is 2.26. The number of aromatic nitrogens is 1. The molecule has 0 unspecified atom stereocenters. The van der Waals surface area contributed by atoms with Crippen LogP contribution in [0.1, 0.15) is 11.1 Å². The Hall–Kier alpha value is -3.01. The minimum Gasteiger partial charge on any atom is -0.489 e. The molecule has 2 aromatic carbocycles. The Labute approximate surface area is 135 Å². The summed E-state index contributed by atoms with van der Waals surface area (Å²) in [6.07, 6.45) is 3.81. The Morgan fingerprint density at radius 2 is 1.83 bits per heavy atom. The summed E-state index contributed by atoms with van der Waals surface area (Å²) in [6.45, 7) is 1.31. The number of ether oxygens (including phenoxy) is 1. The van der Waals surface area contributed by atoms with E-state index in [1.165, 1.54) is 11.1 Å². The van der Waals surface area contributed by atoms with Crippen LogP contribution in [-0.2, 0) is 13.2 Å². The van der Waals surface area contributed by atoms with Crippen LogP contribution in [-0.4, -0.2) is 10.9 Å². The Balaban J connectivity index is 1.49. The number of rotatable bonds is 4. The van der Waals surface area contributed by atoms with Crippen LogP contribution in [0, 0.1) is 0 Å². The van der Waals surface area contributed by atoms with Gasteiger partial charge in [-0.05, 0) is 35.9 Å². The number of benzene rings is 2. The van der Waals surface area contributed by atoms with E-state index in [0.29, 0.717) is 6.61 Å². The van der Waals surface area contributed by atoms with Crippen LogP contribution < -0.4 is 10.1 Å². The summed E-state index contributed by atoms with van der Waals surface area (Å²) in [6, 6.07) is 20.4. The number of fused-ring (bicyclic) bond motifs is 1. The molecule has 0 atom stereocenters. The monoisotopic (exact) mass is 303 g/mol. The van der Waals surface area contributed by atoms with Crippen molar-refractivity contribution >= 4 is 12.2 Å². The second-order valence-electron chi connectivity index (χ2n) is 5.44. The van der Waals surface area contributed by atoms with Crippen LogP contribution in [0.25, 0.3) is 5.69 Å². The van der Waals surface area contributed by atoms with Gasteiger partial charge in [-0.3, -0.25) is 4.99 Å². The van der Waals surface area contributed by atoms with Crippen LogP contribution in [0.4, 0.5) is 5.82 Å². The summed E-state index contributed by atoms with van der Waals surface area (Å²) in [5.74, 6) is 1.95. The molecule has 0 spiro atoms. The van der Waals surface area contributed by atoms with Gasteiger partial charge in [0.25, 0.3) is 0 Å². The summed E-state index contributed by atoms with van der Waals surface area (Å²) in [5.41, 5.74) is 3.47. The van der Waals surface area contributed by atoms with Crippen LogP contribution in [0.5, 0.6) is 5.75 Å². The molecule has 0 bridgehead atoms. The molecular weight excluding hydrogens is 286 g/mol. The normalized spacial score (nSPS) is 12.5. The summed E-state index contributed by atoms with van der Waals surface area (Å²) >= 11 is 0. The molecular formula is C19H17N3O. The maximum atomic E-state index is 5.83. The predicted molar refractivity (Wildman–Crippen MR) is 92.4 cm³/mol. The zero-order valence-electron chi connectivity index (χ0n) is 12.6. The fourth-order valence-electron chi connectivity index (χ4n) is 2.67. The molecule has 1 aromatic heterocycles. The van der Waals surface area contributed by atoms with Crippen LogP contribution in [0.3, 0.4) is 0 Å². The van der Waals surface area contributed by atoms with E-state index in [0.717, 1.165) is 23.8 Å². The molecule has 2 heterocycles. The van der Waals surface area contributed by atoms with Crippen molar-refractivity contribution in [3.63, 3.8) is 0 Å². The number of hydrogen-bond acceptors (Lipinski definition) is 3. The van der Waals surface area contributed by atoms with Crippen LogP contribution in [0.2, 0.25) is 0 Å². The van der Waals surface area contributed by atoms with Crippen molar-refractivity contribution in [2.24, 2.45) is 4.99 Å². The van der Waals surface area contributed by atoms with Crippen molar-refractivity contribution in [1.82, 2.24) is 4.57 Å². The van der Waals surface area contributed by atoms with Gasteiger partial charge < -0.3 is 14.6 Å². The quantitative estimate of drug-likeness (QED) is 0.791. The van der Waals surface area contributed by atoms with E-state index in [9.17, 15) is 0 Å². The van der Waals surface area contributed by atoms with Gasteiger partial charge in [0.15, 0.2) is 0 Å². The summed E-state index contributed by atoms with van der Waals surface area (Å²) < 4.78 is 7.96. The van der Waals surface area contributed by atoms with Gasteiger partial charge in [-0.15, -0.1) is 0 Å². The van der Waals surface area contributed by atoms with Gasteiger partial charge >= 0.3 is 0 Å². The fraction of sp³-hybridized carbons (Fsp3) is 0.105. The van der Waals surface area contributed by atoms with Crippen LogP contribution in [0.15, 0.2) is 71.9 Å². The van der Waals surface area contributed by atoms with Gasteiger partial charge in [0.05, 0.1) is 12.9 Å². The highest BCUT2D eigenvalue weighted by Gasteiger charge is 2.11. The summed E-state index contributed by atoms with van der Waals surface area (Å²) in [5, 5.41) is 3.21. The first-order valence-electron chi connectivity index (χ1n) is 7.62. The lowest BCUT2D eigenvalue weighted by atomic mass is 10.2.